The van der Waals surface area contributed by atoms with Gasteiger partial charge in [0, 0.05) is 22.9 Å². The molecule has 1 aromatic carbocycles. The molecule has 0 saturated heterocycles. The third kappa shape index (κ3) is 2.19. The largest absolute Gasteiger partial charge is 0.445 e. The van der Waals surface area contributed by atoms with Crippen LogP contribution < -0.4 is 0 Å². The SMILES string of the molecule is Cc1nc(-c2ccc(Br)cc2)c(C(C)C)o1. The van der Waals surface area contributed by atoms with Gasteiger partial charge in [0.15, 0.2) is 5.89 Å². The fourth-order valence-corrected chi connectivity index (χ4v) is 1.91. The van der Waals surface area contributed by atoms with Gasteiger partial charge in [0.1, 0.15) is 11.5 Å². The van der Waals surface area contributed by atoms with Crippen molar-refractivity contribution in [3.63, 3.8) is 0 Å². The molecule has 3 heteroatoms. The number of halogens is 1. The van der Waals surface area contributed by atoms with E-state index < -0.39 is 0 Å². The minimum atomic E-state index is 0.347. The molecular weight excluding hydrogens is 266 g/mol. The number of hydrogen-bond donors (Lipinski definition) is 0. The fraction of sp³-hybridized carbons (Fsp3) is 0.308. The summed E-state index contributed by atoms with van der Waals surface area (Å²) in [4.78, 5) is 4.45. The number of aryl methyl sites for hydroxylation is 1. The molecule has 1 heterocycles. The second kappa shape index (κ2) is 4.42. The van der Waals surface area contributed by atoms with Gasteiger partial charge in [0.2, 0.25) is 0 Å². The summed E-state index contributed by atoms with van der Waals surface area (Å²) in [6.45, 7) is 6.11. The zero-order valence-electron chi connectivity index (χ0n) is 9.62. The lowest BCUT2D eigenvalue weighted by atomic mass is 10.0. The molecule has 2 rings (SSSR count). The molecule has 16 heavy (non-hydrogen) atoms. The Hall–Kier alpha value is -1.09. The predicted octanol–water partition coefficient (Wildman–Crippen LogP) is 4.54. The Morgan fingerprint density at radius 1 is 1.19 bits per heavy atom. The van der Waals surface area contributed by atoms with Gasteiger partial charge >= 0.3 is 0 Å². The summed E-state index contributed by atoms with van der Waals surface area (Å²) in [5.74, 6) is 2.03. The highest BCUT2D eigenvalue weighted by Gasteiger charge is 2.15. The number of hydrogen-bond acceptors (Lipinski definition) is 2. The van der Waals surface area contributed by atoms with Crippen molar-refractivity contribution in [1.29, 1.82) is 0 Å². The topological polar surface area (TPSA) is 26.0 Å². The summed E-state index contributed by atoms with van der Waals surface area (Å²) in [6.07, 6.45) is 0. The third-order valence-electron chi connectivity index (χ3n) is 2.40. The predicted molar refractivity (Wildman–Crippen MR) is 68.5 cm³/mol. The van der Waals surface area contributed by atoms with Crippen LogP contribution in [-0.4, -0.2) is 4.98 Å². The molecule has 0 N–H and O–H groups in total. The van der Waals surface area contributed by atoms with E-state index >= 15 is 0 Å². The van der Waals surface area contributed by atoms with E-state index in [1.807, 2.05) is 31.2 Å². The average Bonchev–Trinajstić information content (AvgIpc) is 2.61. The minimum Gasteiger partial charge on any atom is -0.445 e. The van der Waals surface area contributed by atoms with Crippen LogP contribution in [0.15, 0.2) is 33.2 Å². The molecule has 0 atom stereocenters. The van der Waals surface area contributed by atoms with Crippen LogP contribution in [0.25, 0.3) is 11.3 Å². The summed E-state index contributed by atoms with van der Waals surface area (Å²) in [5, 5.41) is 0. The fourth-order valence-electron chi connectivity index (χ4n) is 1.65. The van der Waals surface area contributed by atoms with Crippen molar-refractivity contribution in [2.24, 2.45) is 0 Å². The molecule has 0 fully saturated rings. The van der Waals surface area contributed by atoms with Gasteiger partial charge in [-0.05, 0) is 12.1 Å². The maximum absolute atomic E-state index is 5.64. The van der Waals surface area contributed by atoms with Gasteiger partial charge in [-0.2, -0.15) is 0 Å². The first kappa shape index (κ1) is 11.4. The van der Waals surface area contributed by atoms with Crippen LogP contribution in [0.1, 0.15) is 31.4 Å². The summed E-state index contributed by atoms with van der Waals surface area (Å²) in [6, 6.07) is 8.13. The van der Waals surface area contributed by atoms with E-state index in [0.29, 0.717) is 5.92 Å². The molecule has 0 aliphatic rings. The van der Waals surface area contributed by atoms with E-state index in [4.69, 9.17) is 4.42 Å². The van der Waals surface area contributed by atoms with Crippen LogP contribution in [-0.2, 0) is 0 Å². The van der Waals surface area contributed by atoms with Gasteiger partial charge in [-0.1, -0.05) is 41.9 Å². The summed E-state index contributed by atoms with van der Waals surface area (Å²) >= 11 is 3.43. The molecule has 0 aliphatic heterocycles. The van der Waals surface area contributed by atoms with Gasteiger partial charge in [0.25, 0.3) is 0 Å². The Kier molecular flexibility index (Phi) is 3.15. The quantitative estimate of drug-likeness (QED) is 0.807. The average molecular weight is 280 g/mol. The van der Waals surface area contributed by atoms with Crippen LogP contribution in [0, 0.1) is 6.92 Å². The molecule has 1 aromatic heterocycles. The molecule has 0 radical (unpaired) electrons. The third-order valence-corrected chi connectivity index (χ3v) is 2.93. The van der Waals surface area contributed by atoms with E-state index in [1.54, 1.807) is 0 Å². The Balaban J connectivity index is 2.50. The molecule has 84 valence electrons. The van der Waals surface area contributed by atoms with Crippen LogP contribution in [0.3, 0.4) is 0 Å². The van der Waals surface area contributed by atoms with Crippen molar-refractivity contribution in [3.05, 3.63) is 40.4 Å². The molecule has 0 bridgehead atoms. The lowest BCUT2D eigenvalue weighted by molar-refractivity contribution is 0.457. The Morgan fingerprint density at radius 3 is 2.38 bits per heavy atom. The van der Waals surface area contributed by atoms with Gasteiger partial charge in [-0.25, -0.2) is 4.98 Å². The molecule has 0 aliphatic carbocycles. The van der Waals surface area contributed by atoms with Gasteiger partial charge in [-0.15, -0.1) is 0 Å². The highest BCUT2D eigenvalue weighted by molar-refractivity contribution is 9.10. The highest BCUT2D eigenvalue weighted by atomic mass is 79.9. The first-order chi connectivity index (χ1) is 7.58. The summed E-state index contributed by atoms with van der Waals surface area (Å²) < 4.78 is 6.71. The number of rotatable bonds is 2. The van der Waals surface area contributed by atoms with Crippen molar-refractivity contribution < 1.29 is 4.42 Å². The maximum atomic E-state index is 5.64. The van der Waals surface area contributed by atoms with E-state index in [1.165, 1.54) is 0 Å². The lowest BCUT2D eigenvalue weighted by Crippen LogP contribution is -1.88. The molecule has 0 spiro atoms. The smallest absolute Gasteiger partial charge is 0.191 e. The van der Waals surface area contributed by atoms with Crippen molar-refractivity contribution in [2.45, 2.75) is 26.7 Å². The van der Waals surface area contributed by atoms with Crippen LogP contribution in [0.4, 0.5) is 0 Å². The van der Waals surface area contributed by atoms with Crippen molar-refractivity contribution in [2.75, 3.05) is 0 Å². The van der Waals surface area contributed by atoms with Gasteiger partial charge < -0.3 is 4.42 Å². The number of aromatic nitrogens is 1. The second-order valence-electron chi connectivity index (χ2n) is 4.11. The highest BCUT2D eigenvalue weighted by Crippen LogP contribution is 2.30. The molecule has 2 nitrogen and oxygen atoms in total. The Labute approximate surface area is 104 Å². The minimum absolute atomic E-state index is 0.347. The number of benzene rings is 1. The molecule has 2 aromatic rings. The van der Waals surface area contributed by atoms with Crippen molar-refractivity contribution in [3.8, 4) is 11.3 Å². The van der Waals surface area contributed by atoms with Crippen LogP contribution in [0.5, 0.6) is 0 Å². The molecule has 0 saturated carbocycles. The lowest BCUT2D eigenvalue weighted by Gasteiger charge is -2.03. The normalized spacial score (nSPS) is 11.1. The summed E-state index contributed by atoms with van der Waals surface area (Å²) in [5.41, 5.74) is 2.06. The van der Waals surface area contributed by atoms with Crippen LogP contribution in [0.2, 0.25) is 0 Å². The standard InChI is InChI=1S/C13H14BrNO/c1-8(2)13-12(15-9(3)16-13)10-4-6-11(14)7-5-10/h4-8H,1-3H3. The van der Waals surface area contributed by atoms with Crippen LogP contribution >= 0.6 is 15.9 Å². The zero-order valence-corrected chi connectivity index (χ0v) is 11.2. The van der Waals surface area contributed by atoms with Crippen molar-refractivity contribution in [1.82, 2.24) is 4.98 Å². The second-order valence-corrected chi connectivity index (χ2v) is 5.02. The molecule has 0 unspecified atom stereocenters. The first-order valence-corrected chi connectivity index (χ1v) is 6.10. The number of oxazole rings is 1. The number of nitrogens with zero attached hydrogens (tertiary/aromatic N) is 1. The monoisotopic (exact) mass is 279 g/mol. The Bertz CT molecular complexity index is 485. The van der Waals surface area contributed by atoms with Gasteiger partial charge in [-0.3, -0.25) is 0 Å². The van der Waals surface area contributed by atoms with E-state index in [-0.39, 0.29) is 0 Å². The Morgan fingerprint density at radius 2 is 1.81 bits per heavy atom. The molecular formula is C13H14BrNO. The van der Waals surface area contributed by atoms with Crippen molar-refractivity contribution >= 4 is 15.9 Å². The van der Waals surface area contributed by atoms with E-state index in [0.717, 1.165) is 27.4 Å². The van der Waals surface area contributed by atoms with E-state index in [2.05, 4.69) is 34.8 Å². The maximum Gasteiger partial charge on any atom is 0.191 e. The summed E-state index contributed by atoms with van der Waals surface area (Å²) in [7, 11) is 0. The molecule has 0 amide bonds. The first-order valence-electron chi connectivity index (χ1n) is 5.31. The van der Waals surface area contributed by atoms with E-state index in [9.17, 15) is 0 Å². The van der Waals surface area contributed by atoms with Gasteiger partial charge in [0.05, 0.1) is 0 Å². The zero-order chi connectivity index (χ0) is 11.7.